The van der Waals surface area contributed by atoms with Crippen LogP contribution in [0, 0.1) is 23.7 Å². The van der Waals surface area contributed by atoms with Crippen molar-refractivity contribution in [3.05, 3.63) is 29.8 Å². The van der Waals surface area contributed by atoms with Gasteiger partial charge in [-0.3, -0.25) is 19.3 Å². The zero-order chi connectivity index (χ0) is 17.6. The van der Waals surface area contributed by atoms with Crippen molar-refractivity contribution >= 4 is 23.4 Å². The monoisotopic (exact) mass is 340 g/mol. The standard InChI is InChI=1S/C20H24N2O3/c1-2-12-5-3-4-6-15(12)21-16(23)9-10-22-19(24)17-13-7-8-14(11-13)18(17)20(22)25/h3-6,13-14,17-18H,2,7-11H2,1H3,(H,21,23)/t13-,14-,17+,18+/m0/s1. The molecular weight excluding hydrogens is 316 g/mol. The summed E-state index contributed by atoms with van der Waals surface area (Å²) in [6.45, 7) is 2.24. The zero-order valence-corrected chi connectivity index (χ0v) is 14.5. The van der Waals surface area contributed by atoms with Crippen molar-refractivity contribution in [3.63, 3.8) is 0 Å². The Balaban J connectivity index is 1.38. The van der Waals surface area contributed by atoms with Crippen molar-refractivity contribution in [2.75, 3.05) is 11.9 Å². The van der Waals surface area contributed by atoms with Gasteiger partial charge in [-0.25, -0.2) is 0 Å². The van der Waals surface area contributed by atoms with E-state index >= 15 is 0 Å². The van der Waals surface area contributed by atoms with E-state index in [1.807, 2.05) is 31.2 Å². The van der Waals surface area contributed by atoms with Crippen LogP contribution in [-0.4, -0.2) is 29.2 Å². The summed E-state index contributed by atoms with van der Waals surface area (Å²) in [5.41, 5.74) is 1.89. The molecule has 0 unspecified atom stereocenters. The number of benzene rings is 1. The minimum absolute atomic E-state index is 0.0380. The Morgan fingerprint density at radius 1 is 1.12 bits per heavy atom. The molecule has 2 saturated carbocycles. The highest BCUT2D eigenvalue weighted by atomic mass is 16.2. The third-order valence-corrected chi connectivity index (χ3v) is 6.25. The lowest BCUT2D eigenvalue weighted by Gasteiger charge is -2.19. The second kappa shape index (κ2) is 6.28. The van der Waals surface area contributed by atoms with Crippen molar-refractivity contribution in [3.8, 4) is 0 Å². The van der Waals surface area contributed by atoms with E-state index in [1.165, 1.54) is 4.90 Å². The van der Waals surface area contributed by atoms with E-state index in [0.717, 1.165) is 36.9 Å². The van der Waals surface area contributed by atoms with Gasteiger partial charge in [0.05, 0.1) is 11.8 Å². The molecule has 0 radical (unpaired) electrons. The van der Waals surface area contributed by atoms with Gasteiger partial charge in [0.15, 0.2) is 0 Å². The average Bonchev–Trinajstić information content (AvgIpc) is 3.28. The average molecular weight is 340 g/mol. The second-order valence-electron chi connectivity index (χ2n) is 7.52. The largest absolute Gasteiger partial charge is 0.326 e. The number of para-hydroxylation sites is 1. The SMILES string of the molecule is CCc1ccccc1NC(=O)CCN1C(=O)[C@@H]2[C@H]3CC[C@@H](C3)[C@H]2C1=O. The second-order valence-corrected chi connectivity index (χ2v) is 7.52. The molecular formula is C20H24N2O3. The highest BCUT2D eigenvalue weighted by Crippen LogP contribution is 2.56. The molecule has 2 aliphatic carbocycles. The molecule has 5 nitrogen and oxygen atoms in total. The molecule has 132 valence electrons. The fraction of sp³-hybridized carbons (Fsp3) is 0.550. The lowest BCUT2D eigenvalue weighted by Crippen LogP contribution is -2.35. The summed E-state index contributed by atoms with van der Waals surface area (Å²) in [4.78, 5) is 38.9. The Morgan fingerprint density at radius 2 is 1.76 bits per heavy atom. The molecule has 1 aromatic carbocycles. The lowest BCUT2D eigenvalue weighted by molar-refractivity contribution is -0.140. The van der Waals surface area contributed by atoms with Gasteiger partial charge in [-0.05, 0) is 49.1 Å². The van der Waals surface area contributed by atoms with E-state index in [4.69, 9.17) is 0 Å². The molecule has 4 rings (SSSR count). The summed E-state index contributed by atoms with van der Waals surface area (Å²) in [7, 11) is 0. The number of nitrogens with zero attached hydrogens (tertiary/aromatic N) is 1. The van der Waals surface area contributed by atoms with Crippen molar-refractivity contribution < 1.29 is 14.4 Å². The molecule has 3 fully saturated rings. The van der Waals surface area contributed by atoms with Crippen LogP contribution in [0.2, 0.25) is 0 Å². The maximum atomic E-state index is 12.6. The molecule has 2 bridgehead atoms. The normalized spacial score (nSPS) is 30.0. The number of amides is 3. The highest BCUT2D eigenvalue weighted by molar-refractivity contribution is 6.06. The van der Waals surface area contributed by atoms with E-state index in [0.29, 0.717) is 11.8 Å². The summed E-state index contributed by atoms with van der Waals surface area (Å²) >= 11 is 0. The van der Waals surface area contributed by atoms with Gasteiger partial charge < -0.3 is 5.32 Å². The number of carbonyl (C=O) groups is 3. The van der Waals surface area contributed by atoms with Gasteiger partial charge in [0.25, 0.3) is 0 Å². The van der Waals surface area contributed by atoms with Gasteiger partial charge in [0, 0.05) is 18.7 Å². The van der Waals surface area contributed by atoms with E-state index in [1.54, 1.807) is 0 Å². The molecule has 1 heterocycles. The molecule has 0 aromatic heterocycles. The fourth-order valence-corrected chi connectivity index (χ4v) is 5.07. The number of rotatable bonds is 5. The van der Waals surface area contributed by atoms with E-state index in [2.05, 4.69) is 5.32 Å². The number of hydrogen-bond donors (Lipinski definition) is 1. The number of anilines is 1. The number of hydrogen-bond acceptors (Lipinski definition) is 3. The number of nitrogens with one attached hydrogen (secondary N) is 1. The molecule has 1 N–H and O–H groups in total. The maximum Gasteiger partial charge on any atom is 0.233 e. The zero-order valence-electron chi connectivity index (χ0n) is 14.5. The van der Waals surface area contributed by atoms with Crippen LogP contribution in [0.1, 0.15) is 38.2 Å². The lowest BCUT2D eigenvalue weighted by atomic mass is 9.81. The van der Waals surface area contributed by atoms with E-state index in [9.17, 15) is 14.4 Å². The first-order valence-electron chi connectivity index (χ1n) is 9.33. The molecule has 4 atom stereocenters. The fourth-order valence-electron chi connectivity index (χ4n) is 5.07. The van der Waals surface area contributed by atoms with Gasteiger partial charge in [-0.2, -0.15) is 0 Å². The smallest absolute Gasteiger partial charge is 0.233 e. The molecule has 25 heavy (non-hydrogen) atoms. The molecule has 1 aromatic rings. The van der Waals surface area contributed by atoms with Crippen LogP contribution in [0.5, 0.6) is 0 Å². The maximum absolute atomic E-state index is 12.6. The summed E-state index contributed by atoms with van der Waals surface area (Å²) in [6, 6.07) is 7.70. The van der Waals surface area contributed by atoms with Crippen LogP contribution in [0.15, 0.2) is 24.3 Å². The van der Waals surface area contributed by atoms with E-state index < -0.39 is 0 Å². The van der Waals surface area contributed by atoms with Crippen LogP contribution in [0.25, 0.3) is 0 Å². The van der Waals surface area contributed by atoms with Crippen LogP contribution in [0.3, 0.4) is 0 Å². The Morgan fingerprint density at radius 3 is 2.40 bits per heavy atom. The summed E-state index contributed by atoms with van der Waals surface area (Å²) in [5, 5.41) is 2.91. The Hall–Kier alpha value is -2.17. The van der Waals surface area contributed by atoms with Crippen molar-refractivity contribution in [1.29, 1.82) is 0 Å². The first kappa shape index (κ1) is 16.3. The Labute approximate surface area is 147 Å². The predicted octanol–water partition coefficient (Wildman–Crippen LogP) is 2.61. The summed E-state index contributed by atoms with van der Waals surface area (Å²) in [6.07, 6.45) is 4.19. The van der Waals surface area contributed by atoms with Gasteiger partial charge in [0.1, 0.15) is 0 Å². The van der Waals surface area contributed by atoms with Crippen LogP contribution in [0.4, 0.5) is 5.69 Å². The summed E-state index contributed by atoms with van der Waals surface area (Å²) < 4.78 is 0. The predicted molar refractivity (Wildman–Crippen MR) is 93.6 cm³/mol. The Kier molecular flexibility index (Phi) is 4.10. The summed E-state index contributed by atoms with van der Waals surface area (Å²) in [5.74, 6) is 0.350. The van der Waals surface area contributed by atoms with Crippen molar-refractivity contribution in [2.24, 2.45) is 23.7 Å². The van der Waals surface area contributed by atoms with Crippen LogP contribution < -0.4 is 5.32 Å². The van der Waals surface area contributed by atoms with Crippen molar-refractivity contribution in [1.82, 2.24) is 4.90 Å². The first-order chi connectivity index (χ1) is 12.1. The molecule has 3 amide bonds. The van der Waals surface area contributed by atoms with Crippen LogP contribution in [-0.2, 0) is 20.8 Å². The molecule has 0 spiro atoms. The molecule has 3 aliphatic rings. The third kappa shape index (κ3) is 2.66. The minimum atomic E-state index is -0.151. The van der Waals surface area contributed by atoms with Crippen molar-refractivity contribution in [2.45, 2.75) is 39.0 Å². The van der Waals surface area contributed by atoms with Gasteiger partial charge in [-0.1, -0.05) is 25.1 Å². The topological polar surface area (TPSA) is 66.5 Å². The number of likely N-dealkylation sites (tertiary alicyclic amines) is 1. The van der Waals surface area contributed by atoms with Gasteiger partial charge >= 0.3 is 0 Å². The quantitative estimate of drug-likeness (QED) is 0.838. The van der Waals surface area contributed by atoms with Gasteiger partial charge in [-0.15, -0.1) is 0 Å². The molecule has 1 aliphatic heterocycles. The number of aryl methyl sites for hydroxylation is 1. The Bertz CT molecular complexity index is 701. The minimum Gasteiger partial charge on any atom is -0.326 e. The molecule has 1 saturated heterocycles. The number of fused-ring (bicyclic) bond motifs is 5. The highest BCUT2D eigenvalue weighted by Gasteiger charge is 2.60. The van der Waals surface area contributed by atoms with Gasteiger partial charge in [0.2, 0.25) is 17.7 Å². The number of carbonyl (C=O) groups excluding carboxylic acids is 3. The first-order valence-corrected chi connectivity index (χ1v) is 9.33. The van der Waals surface area contributed by atoms with Crippen LogP contribution >= 0.6 is 0 Å². The number of imide groups is 1. The third-order valence-electron chi connectivity index (χ3n) is 6.25. The van der Waals surface area contributed by atoms with E-state index in [-0.39, 0.29) is 42.5 Å². The molecule has 5 heteroatoms.